The van der Waals surface area contributed by atoms with Gasteiger partial charge in [-0.3, -0.25) is 0 Å². The van der Waals surface area contributed by atoms with Crippen molar-refractivity contribution in [1.82, 2.24) is 0 Å². The van der Waals surface area contributed by atoms with E-state index in [2.05, 4.69) is 31.9 Å². The van der Waals surface area contributed by atoms with E-state index in [0.717, 1.165) is 36.6 Å². The molecule has 0 aromatic heterocycles. The molecule has 2 aromatic carbocycles. The van der Waals surface area contributed by atoms with Crippen LogP contribution in [0.15, 0.2) is 53.0 Å². The van der Waals surface area contributed by atoms with Crippen LogP contribution in [-0.2, 0) is 0 Å². The lowest BCUT2D eigenvalue weighted by Gasteiger charge is -2.11. The Kier molecular flexibility index (Phi) is 5.52. The van der Waals surface area contributed by atoms with Gasteiger partial charge in [-0.1, -0.05) is 79.3 Å². The second-order valence-corrected chi connectivity index (χ2v) is 6.32. The summed E-state index contributed by atoms with van der Waals surface area (Å²) in [5.74, 6) is 0. The largest absolute Gasteiger partial charge is 0.0870 e. The zero-order valence-corrected chi connectivity index (χ0v) is 14.5. The zero-order chi connectivity index (χ0) is 13.8. The SMILES string of the molecule is Clc1ccc(C(=C(Br)CBr)c2ccc(Cl)cc2)cc1. The lowest BCUT2D eigenvalue weighted by atomic mass is 9.98. The van der Waals surface area contributed by atoms with E-state index in [0.29, 0.717) is 0 Å². The molecule has 0 aliphatic heterocycles. The molecule has 4 heteroatoms. The smallest absolute Gasteiger partial charge is 0.0406 e. The third kappa shape index (κ3) is 3.85. The fraction of sp³-hybridized carbons (Fsp3) is 0.0667. The predicted molar refractivity (Wildman–Crippen MR) is 91.6 cm³/mol. The van der Waals surface area contributed by atoms with E-state index < -0.39 is 0 Å². The van der Waals surface area contributed by atoms with Gasteiger partial charge in [0.05, 0.1) is 0 Å². The molecular weight excluding hydrogens is 411 g/mol. The summed E-state index contributed by atoms with van der Waals surface area (Å²) in [6.07, 6.45) is 0. The minimum atomic E-state index is 0.731. The van der Waals surface area contributed by atoms with Crippen LogP contribution in [-0.4, -0.2) is 5.33 Å². The van der Waals surface area contributed by atoms with Gasteiger partial charge in [0, 0.05) is 19.9 Å². The summed E-state index contributed by atoms with van der Waals surface area (Å²) in [7, 11) is 0. The van der Waals surface area contributed by atoms with Gasteiger partial charge in [-0.2, -0.15) is 0 Å². The monoisotopic (exact) mass is 418 g/mol. The number of allylic oxidation sites excluding steroid dienone is 1. The Morgan fingerprint density at radius 1 is 0.789 bits per heavy atom. The maximum Gasteiger partial charge on any atom is 0.0406 e. The lowest BCUT2D eigenvalue weighted by molar-refractivity contribution is 1.52. The van der Waals surface area contributed by atoms with Crippen molar-refractivity contribution < 1.29 is 0 Å². The quantitative estimate of drug-likeness (QED) is 0.494. The van der Waals surface area contributed by atoms with Crippen molar-refractivity contribution in [3.05, 3.63) is 74.2 Å². The van der Waals surface area contributed by atoms with Crippen LogP contribution in [0.4, 0.5) is 0 Å². The minimum absolute atomic E-state index is 0.731. The average Bonchev–Trinajstić information content (AvgIpc) is 2.43. The van der Waals surface area contributed by atoms with Crippen LogP contribution in [0.5, 0.6) is 0 Å². The van der Waals surface area contributed by atoms with Crippen molar-refractivity contribution in [1.29, 1.82) is 0 Å². The van der Waals surface area contributed by atoms with Crippen molar-refractivity contribution in [2.75, 3.05) is 5.33 Å². The first-order valence-corrected chi connectivity index (χ1v) is 8.25. The van der Waals surface area contributed by atoms with Gasteiger partial charge in [0.15, 0.2) is 0 Å². The highest BCUT2D eigenvalue weighted by Gasteiger charge is 2.09. The summed E-state index contributed by atoms with van der Waals surface area (Å²) in [4.78, 5) is 0. The molecule has 0 spiro atoms. The normalized spacial score (nSPS) is 10.3. The summed E-state index contributed by atoms with van der Waals surface area (Å²) >= 11 is 19.0. The van der Waals surface area contributed by atoms with Gasteiger partial charge in [-0.25, -0.2) is 0 Å². The van der Waals surface area contributed by atoms with Gasteiger partial charge in [0.2, 0.25) is 0 Å². The predicted octanol–water partition coefficient (Wildman–Crippen LogP) is 6.54. The molecule has 0 heterocycles. The molecule has 0 aliphatic carbocycles. The van der Waals surface area contributed by atoms with Crippen LogP contribution < -0.4 is 0 Å². The zero-order valence-electron chi connectivity index (χ0n) is 9.84. The second-order valence-electron chi connectivity index (χ2n) is 3.93. The molecule has 0 amide bonds. The van der Waals surface area contributed by atoms with Gasteiger partial charge < -0.3 is 0 Å². The molecule has 2 aromatic rings. The van der Waals surface area contributed by atoms with E-state index in [9.17, 15) is 0 Å². The second kappa shape index (κ2) is 6.94. The Morgan fingerprint density at radius 3 is 1.47 bits per heavy atom. The number of rotatable bonds is 3. The Bertz CT molecular complexity index is 539. The first kappa shape index (κ1) is 15.1. The van der Waals surface area contributed by atoms with Crippen molar-refractivity contribution >= 4 is 60.6 Å². The molecule has 0 fully saturated rings. The molecule has 0 saturated heterocycles. The Hall–Kier alpha value is -0.280. The van der Waals surface area contributed by atoms with Gasteiger partial charge >= 0.3 is 0 Å². The Balaban J connectivity index is 2.54. The van der Waals surface area contributed by atoms with Gasteiger partial charge in [0.1, 0.15) is 0 Å². The van der Waals surface area contributed by atoms with E-state index in [1.165, 1.54) is 0 Å². The molecule has 98 valence electrons. The van der Waals surface area contributed by atoms with Crippen LogP contribution in [0.1, 0.15) is 11.1 Å². The molecule has 0 bridgehead atoms. The molecule has 0 saturated carbocycles. The summed E-state index contributed by atoms with van der Waals surface area (Å²) in [5, 5.41) is 2.21. The van der Waals surface area contributed by atoms with E-state index in [-0.39, 0.29) is 0 Å². The Morgan fingerprint density at radius 2 is 1.16 bits per heavy atom. The highest BCUT2D eigenvalue weighted by Crippen LogP contribution is 2.32. The first-order chi connectivity index (χ1) is 9.11. The first-order valence-electron chi connectivity index (χ1n) is 5.58. The number of benzene rings is 2. The number of hydrogen-bond acceptors (Lipinski definition) is 0. The van der Waals surface area contributed by atoms with Crippen LogP contribution in [0, 0.1) is 0 Å². The lowest BCUT2D eigenvalue weighted by Crippen LogP contribution is -1.91. The molecule has 0 aliphatic rings. The third-order valence-corrected chi connectivity index (χ3v) is 5.15. The van der Waals surface area contributed by atoms with Gasteiger partial charge in [-0.15, -0.1) is 0 Å². The molecular formula is C15H10Br2Cl2. The molecule has 0 N–H and O–H groups in total. The number of halogens is 4. The highest BCUT2D eigenvalue weighted by molar-refractivity contribution is 9.13. The average molecular weight is 421 g/mol. The topological polar surface area (TPSA) is 0 Å². The van der Waals surface area contributed by atoms with Crippen LogP contribution >= 0.6 is 55.1 Å². The highest BCUT2D eigenvalue weighted by atomic mass is 79.9. The van der Waals surface area contributed by atoms with Gasteiger partial charge in [-0.05, 0) is 41.0 Å². The fourth-order valence-corrected chi connectivity index (χ4v) is 2.77. The number of alkyl halides is 1. The van der Waals surface area contributed by atoms with E-state index in [1.54, 1.807) is 0 Å². The Labute approximate surface area is 139 Å². The van der Waals surface area contributed by atoms with E-state index >= 15 is 0 Å². The van der Waals surface area contributed by atoms with Crippen LogP contribution in [0.25, 0.3) is 5.57 Å². The summed E-state index contributed by atoms with van der Waals surface area (Å²) in [6, 6.07) is 15.6. The van der Waals surface area contributed by atoms with Crippen molar-refractivity contribution in [2.24, 2.45) is 0 Å². The van der Waals surface area contributed by atoms with Crippen LogP contribution in [0.2, 0.25) is 10.0 Å². The fourth-order valence-electron chi connectivity index (χ4n) is 1.78. The van der Waals surface area contributed by atoms with E-state index in [1.807, 2.05) is 48.5 Å². The van der Waals surface area contributed by atoms with Crippen molar-refractivity contribution in [2.45, 2.75) is 0 Å². The van der Waals surface area contributed by atoms with Gasteiger partial charge in [0.25, 0.3) is 0 Å². The molecule has 0 unspecified atom stereocenters. The van der Waals surface area contributed by atoms with E-state index in [4.69, 9.17) is 23.2 Å². The maximum absolute atomic E-state index is 5.94. The standard InChI is InChI=1S/C15H10Br2Cl2/c16-9-14(17)15(10-1-5-12(18)6-2-10)11-3-7-13(19)8-4-11/h1-8H,9H2. The number of hydrogen-bond donors (Lipinski definition) is 0. The summed E-state index contributed by atoms with van der Waals surface area (Å²) < 4.78 is 1.08. The molecule has 19 heavy (non-hydrogen) atoms. The molecule has 0 radical (unpaired) electrons. The molecule has 0 atom stereocenters. The van der Waals surface area contributed by atoms with Crippen LogP contribution in [0.3, 0.4) is 0 Å². The van der Waals surface area contributed by atoms with Crippen molar-refractivity contribution in [3.8, 4) is 0 Å². The van der Waals surface area contributed by atoms with Crippen molar-refractivity contribution in [3.63, 3.8) is 0 Å². The summed E-state index contributed by atoms with van der Waals surface area (Å²) in [6.45, 7) is 0. The third-order valence-electron chi connectivity index (χ3n) is 2.65. The molecule has 2 rings (SSSR count). The summed E-state index contributed by atoms with van der Waals surface area (Å²) in [5.41, 5.74) is 3.35. The minimum Gasteiger partial charge on any atom is -0.0870 e. The maximum atomic E-state index is 5.94. The molecule has 0 nitrogen and oxygen atoms in total.